The molecule has 1 atom stereocenters. The zero-order chi connectivity index (χ0) is 13.8. The Morgan fingerprint density at radius 3 is 2.79 bits per heavy atom. The van der Waals surface area contributed by atoms with Gasteiger partial charge in [0.15, 0.2) is 6.10 Å². The van der Waals surface area contributed by atoms with Crippen molar-refractivity contribution in [2.24, 2.45) is 0 Å². The molecule has 0 aliphatic carbocycles. The largest absolute Gasteiger partial charge is 0.480 e. The molecule has 3 heteroatoms. The molecule has 1 aliphatic heterocycles. The number of carbonyl (C=O) groups excluding carboxylic acids is 1. The summed E-state index contributed by atoms with van der Waals surface area (Å²) >= 11 is 3.40. The average Bonchev–Trinajstić information content (AvgIpc) is 2.43. The fourth-order valence-electron chi connectivity index (χ4n) is 1.94. The van der Waals surface area contributed by atoms with Crippen molar-refractivity contribution < 1.29 is 9.53 Å². The van der Waals surface area contributed by atoms with Crippen molar-refractivity contribution in [3.63, 3.8) is 0 Å². The highest BCUT2D eigenvalue weighted by molar-refractivity contribution is 9.10. The number of hydrogen-bond acceptors (Lipinski definition) is 2. The highest BCUT2D eigenvalue weighted by Gasteiger charge is 2.24. The maximum absolute atomic E-state index is 11.2. The molecule has 1 aliphatic rings. The second-order valence-corrected chi connectivity index (χ2v) is 4.96. The van der Waals surface area contributed by atoms with Crippen molar-refractivity contribution in [1.82, 2.24) is 0 Å². The quantitative estimate of drug-likeness (QED) is 0.617. The van der Waals surface area contributed by atoms with Crippen molar-refractivity contribution in [1.29, 1.82) is 0 Å². The molecular formula is C16H13BrO2. The van der Waals surface area contributed by atoms with E-state index in [4.69, 9.17) is 4.74 Å². The smallest absolute Gasteiger partial charge is 0.152 e. The summed E-state index contributed by atoms with van der Waals surface area (Å²) in [6.07, 6.45) is 7.34. The fraction of sp³-hybridized carbons (Fsp3) is 0.0625. The van der Waals surface area contributed by atoms with Gasteiger partial charge >= 0.3 is 0 Å². The van der Waals surface area contributed by atoms with Gasteiger partial charge in [0.1, 0.15) is 12.0 Å². The molecule has 0 amide bonds. The second-order valence-electron chi connectivity index (χ2n) is 4.05. The number of hydrogen-bond donors (Lipinski definition) is 0. The van der Waals surface area contributed by atoms with Gasteiger partial charge in [0.25, 0.3) is 0 Å². The van der Waals surface area contributed by atoms with Gasteiger partial charge in [-0.3, -0.25) is 4.79 Å². The summed E-state index contributed by atoms with van der Waals surface area (Å²) in [5.74, 6) is 0.746. The number of carbonyl (C=O) groups is 1. The summed E-state index contributed by atoms with van der Waals surface area (Å²) in [6, 6.07) is 5.69. The van der Waals surface area contributed by atoms with Crippen LogP contribution in [0.15, 0.2) is 65.2 Å². The molecule has 1 aromatic rings. The number of aldehydes is 1. The number of rotatable bonds is 4. The molecule has 1 aromatic carbocycles. The molecule has 0 fully saturated rings. The Morgan fingerprint density at radius 1 is 1.37 bits per heavy atom. The Balaban J connectivity index is 2.49. The molecule has 2 rings (SSSR count). The normalized spacial score (nSPS) is 17.8. The molecule has 0 N–H and O–H groups in total. The van der Waals surface area contributed by atoms with Crippen LogP contribution < -0.4 is 4.74 Å². The van der Waals surface area contributed by atoms with Crippen LogP contribution >= 0.6 is 15.9 Å². The van der Waals surface area contributed by atoms with Crippen LogP contribution in [0.1, 0.15) is 5.56 Å². The van der Waals surface area contributed by atoms with Gasteiger partial charge in [-0.05, 0) is 29.8 Å². The topological polar surface area (TPSA) is 26.3 Å². The summed E-state index contributed by atoms with van der Waals surface area (Å²) in [6.45, 7) is 7.40. The predicted molar refractivity (Wildman–Crippen MR) is 81.1 cm³/mol. The maximum atomic E-state index is 11.2. The van der Waals surface area contributed by atoms with Crippen LogP contribution in [0.3, 0.4) is 0 Å². The van der Waals surface area contributed by atoms with E-state index in [1.54, 1.807) is 18.2 Å². The first-order valence-corrected chi connectivity index (χ1v) is 6.57. The molecule has 0 spiro atoms. The van der Waals surface area contributed by atoms with Crippen molar-refractivity contribution in [3.8, 4) is 5.75 Å². The van der Waals surface area contributed by atoms with Gasteiger partial charge in [0.2, 0.25) is 0 Å². The second kappa shape index (κ2) is 5.85. The zero-order valence-corrected chi connectivity index (χ0v) is 11.9. The van der Waals surface area contributed by atoms with Crippen LogP contribution in [-0.2, 0) is 4.79 Å². The molecule has 19 heavy (non-hydrogen) atoms. The summed E-state index contributed by atoms with van der Waals surface area (Å²) < 4.78 is 6.83. The van der Waals surface area contributed by atoms with E-state index in [1.807, 2.05) is 24.3 Å². The van der Waals surface area contributed by atoms with Crippen molar-refractivity contribution in [2.45, 2.75) is 6.10 Å². The summed E-state index contributed by atoms with van der Waals surface area (Å²) in [7, 11) is 0. The van der Waals surface area contributed by atoms with Gasteiger partial charge < -0.3 is 4.74 Å². The highest BCUT2D eigenvalue weighted by atomic mass is 79.9. The van der Waals surface area contributed by atoms with E-state index in [0.717, 1.165) is 27.6 Å². The van der Waals surface area contributed by atoms with Crippen LogP contribution in [0.2, 0.25) is 0 Å². The number of ether oxygens (including phenoxy) is 1. The average molecular weight is 317 g/mol. The SMILES string of the molecule is C=C/C=C(\C=C)C1Oc2ccc(Br)cc2C=C1C=O. The Hall–Kier alpha value is -1.87. The lowest BCUT2D eigenvalue weighted by Gasteiger charge is -2.25. The van der Waals surface area contributed by atoms with Gasteiger partial charge in [-0.25, -0.2) is 0 Å². The van der Waals surface area contributed by atoms with E-state index in [1.165, 1.54) is 0 Å². The van der Waals surface area contributed by atoms with E-state index in [9.17, 15) is 4.79 Å². The van der Waals surface area contributed by atoms with E-state index in [-0.39, 0.29) is 0 Å². The minimum absolute atomic E-state index is 0.429. The summed E-state index contributed by atoms with van der Waals surface area (Å²) in [5.41, 5.74) is 2.26. The number of benzene rings is 1. The lowest BCUT2D eigenvalue weighted by atomic mass is 9.96. The monoisotopic (exact) mass is 316 g/mol. The molecular weight excluding hydrogens is 304 g/mol. The molecule has 1 unspecified atom stereocenters. The highest BCUT2D eigenvalue weighted by Crippen LogP contribution is 2.33. The molecule has 0 saturated heterocycles. The molecule has 96 valence electrons. The van der Waals surface area contributed by atoms with E-state index >= 15 is 0 Å². The van der Waals surface area contributed by atoms with Crippen LogP contribution in [0.4, 0.5) is 0 Å². The standard InChI is InChI=1S/C16H13BrO2/c1-3-5-11(4-2)16-13(10-18)8-12-9-14(17)6-7-15(12)19-16/h3-10,16H,1-2H2/b11-5+. The van der Waals surface area contributed by atoms with Crippen LogP contribution in [0, 0.1) is 0 Å². The van der Waals surface area contributed by atoms with Gasteiger partial charge in [0, 0.05) is 15.6 Å². The minimum atomic E-state index is -0.429. The maximum Gasteiger partial charge on any atom is 0.152 e. The van der Waals surface area contributed by atoms with Crippen LogP contribution in [0.25, 0.3) is 6.08 Å². The van der Waals surface area contributed by atoms with E-state index < -0.39 is 6.10 Å². The molecule has 0 radical (unpaired) electrons. The van der Waals surface area contributed by atoms with Crippen molar-refractivity contribution >= 4 is 28.3 Å². The molecule has 0 aromatic heterocycles. The van der Waals surface area contributed by atoms with Crippen LogP contribution in [-0.4, -0.2) is 12.4 Å². The lowest BCUT2D eigenvalue weighted by Crippen LogP contribution is -2.25. The number of allylic oxidation sites excluding steroid dienone is 2. The van der Waals surface area contributed by atoms with Gasteiger partial charge in [-0.2, -0.15) is 0 Å². The fourth-order valence-corrected chi connectivity index (χ4v) is 2.32. The Labute approximate surface area is 120 Å². The third-order valence-corrected chi connectivity index (χ3v) is 3.32. The minimum Gasteiger partial charge on any atom is -0.480 e. The van der Waals surface area contributed by atoms with Gasteiger partial charge in [-0.1, -0.05) is 47.3 Å². The summed E-state index contributed by atoms with van der Waals surface area (Å²) in [5, 5.41) is 0. The molecule has 2 nitrogen and oxygen atoms in total. The first kappa shape index (κ1) is 13.6. The van der Waals surface area contributed by atoms with Crippen LogP contribution in [0.5, 0.6) is 5.75 Å². The number of halogens is 1. The Morgan fingerprint density at radius 2 is 2.16 bits per heavy atom. The molecule has 0 bridgehead atoms. The Bertz CT molecular complexity index is 597. The van der Waals surface area contributed by atoms with Gasteiger partial charge in [0.05, 0.1) is 0 Å². The number of fused-ring (bicyclic) bond motifs is 1. The summed E-state index contributed by atoms with van der Waals surface area (Å²) in [4.78, 5) is 11.2. The molecule has 0 saturated carbocycles. The van der Waals surface area contributed by atoms with Gasteiger partial charge in [-0.15, -0.1) is 0 Å². The van der Waals surface area contributed by atoms with E-state index in [0.29, 0.717) is 5.57 Å². The first-order chi connectivity index (χ1) is 9.19. The third kappa shape index (κ3) is 2.76. The zero-order valence-electron chi connectivity index (χ0n) is 10.3. The molecule has 1 heterocycles. The predicted octanol–water partition coefficient (Wildman–Crippen LogP) is 4.09. The van der Waals surface area contributed by atoms with Crippen molar-refractivity contribution in [2.75, 3.05) is 0 Å². The Kier molecular flexibility index (Phi) is 4.17. The van der Waals surface area contributed by atoms with Crippen molar-refractivity contribution in [3.05, 3.63) is 70.8 Å². The first-order valence-electron chi connectivity index (χ1n) is 5.77. The van der Waals surface area contributed by atoms with E-state index in [2.05, 4.69) is 29.1 Å². The third-order valence-electron chi connectivity index (χ3n) is 2.83. The lowest BCUT2D eigenvalue weighted by molar-refractivity contribution is -0.105.